The van der Waals surface area contributed by atoms with Crippen LogP contribution in [0.15, 0.2) is 85.1 Å². The molecule has 3 aromatic carbocycles. The number of amides is 1. The lowest BCUT2D eigenvalue weighted by atomic mass is 10.1. The number of ketones is 1. The van der Waals surface area contributed by atoms with Crippen LogP contribution in [0.1, 0.15) is 42.6 Å². The number of aromatic nitrogens is 2. The van der Waals surface area contributed by atoms with Crippen LogP contribution in [0.2, 0.25) is 0 Å². The van der Waals surface area contributed by atoms with Gasteiger partial charge in [0.2, 0.25) is 5.91 Å². The molecular formula is C30H31N3O4. The van der Waals surface area contributed by atoms with Gasteiger partial charge >= 0.3 is 0 Å². The van der Waals surface area contributed by atoms with Crippen molar-refractivity contribution in [2.75, 3.05) is 18.5 Å². The third-order valence-electron chi connectivity index (χ3n) is 5.71. The van der Waals surface area contributed by atoms with Crippen molar-refractivity contribution < 1.29 is 19.1 Å². The van der Waals surface area contributed by atoms with Crippen molar-refractivity contribution in [3.63, 3.8) is 0 Å². The molecule has 37 heavy (non-hydrogen) atoms. The number of Topliss-reactive ketones (excluding diaryl/α,β-unsaturated/α-hetero) is 1. The zero-order valence-corrected chi connectivity index (χ0v) is 21.1. The largest absolute Gasteiger partial charge is 0.490 e. The van der Waals surface area contributed by atoms with E-state index in [2.05, 4.69) is 5.32 Å². The number of anilines is 1. The van der Waals surface area contributed by atoms with E-state index < -0.39 is 0 Å². The minimum absolute atomic E-state index is 0.0497. The topological polar surface area (TPSA) is 82.5 Å². The van der Waals surface area contributed by atoms with Crippen LogP contribution < -0.4 is 14.8 Å². The summed E-state index contributed by atoms with van der Waals surface area (Å²) in [5.41, 5.74) is 3.79. The molecule has 7 nitrogen and oxygen atoms in total. The maximum Gasteiger partial charge on any atom is 0.224 e. The molecule has 0 aliphatic carbocycles. The summed E-state index contributed by atoms with van der Waals surface area (Å²) < 4.78 is 13.0. The van der Waals surface area contributed by atoms with Gasteiger partial charge in [0.1, 0.15) is 5.69 Å². The molecule has 1 heterocycles. The number of ether oxygens (including phenoxy) is 2. The van der Waals surface area contributed by atoms with E-state index in [0.29, 0.717) is 48.2 Å². The van der Waals surface area contributed by atoms with Gasteiger partial charge in [0.15, 0.2) is 17.3 Å². The molecule has 1 N–H and O–H groups in total. The summed E-state index contributed by atoms with van der Waals surface area (Å²) in [6, 6.07) is 24.8. The molecule has 0 saturated heterocycles. The van der Waals surface area contributed by atoms with E-state index in [9.17, 15) is 9.59 Å². The second kappa shape index (κ2) is 12.5. The first-order valence-corrected chi connectivity index (χ1v) is 12.5. The number of rotatable bonds is 12. The first kappa shape index (κ1) is 25.7. The van der Waals surface area contributed by atoms with E-state index in [1.54, 1.807) is 18.2 Å². The van der Waals surface area contributed by atoms with Crippen molar-refractivity contribution in [3.05, 3.63) is 96.2 Å². The molecule has 1 amide bonds. The molecule has 0 aliphatic heterocycles. The van der Waals surface area contributed by atoms with Gasteiger partial charge in [-0.25, -0.2) is 0 Å². The summed E-state index contributed by atoms with van der Waals surface area (Å²) in [7, 11) is 0. The van der Waals surface area contributed by atoms with Crippen molar-refractivity contribution in [2.45, 2.75) is 33.2 Å². The lowest BCUT2D eigenvalue weighted by molar-refractivity contribution is -0.116. The zero-order chi connectivity index (χ0) is 26.0. The fourth-order valence-corrected chi connectivity index (χ4v) is 3.98. The predicted octanol–water partition coefficient (Wildman–Crippen LogP) is 6.00. The molecule has 4 rings (SSSR count). The Morgan fingerprint density at radius 1 is 0.838 bits per heavy atom. The van der Waals surface area contributed by atoms with Crippen molar-refractivity contribution in [3.8, 4) is 22.8 Å². The Labute approximate surface area is 217 Å². The highest BCUT2D eigenvalue weighted by molar-refractivity contribution is 6.01. The SMILES string of the molecule is CCOc1ccc(C(=O)CCC(=O)Nc2cn(Cc3ccccc3)nc2-c2ccccc2)cc1OCC. The molecule has 0 unspecified atom stereocenters. The summed E-state index contributed by atoms with van der Waals surface area (Å²) in [6.07, 6.45) is 1.95. The third kappa shape index (κ3) is 6.85. The monoisotopic (exact) mass is 497 g/mol. The van der Waals surface area contributed by atoms with Gasteiger partial charge in [0, 0.05) is 30.2 Å². The van der Waals surface area contributed by atoms with E-state index in [1.165, 1.54) is 0 Å². The molecule has 190 valence electrons. The van der Waals surface area contributed by atoms with Crippen molar-refractivity contribution in [1.29, 1.82) is 0 Å². The van der Waals surface area contributed by atoms with E-state index in [-0.39, 0.29) is 24.5 Å². The Balaban J connectivity index is 1.45. The number of benzene rings is 3. The minimum Gasteiger partial charge on any atom is -0.490 e. The fourth-order valence-electron chi connectivity index (χ4n) is 3.98. The quantitative estimate of drug-likeness (QED) is 0.243. The molecule has 0 fully saturated rings. The maximum atomic E-state index is 12.9. The van der Waals surface area contributed by atoms with Gasteiger partial charge in [-0.05, 0) is 37.6 Å². The second-order valence-electron chi connectivity index (χ2n) is 8.44. The van der Waals surface area contributed by atoms with Gasteiger partial charge < -0.3 is 14.8 Å². The number of nitrogens with one attached hydrogen (secondary N) is 1. The number of carbonyl (C=O) groups excluding carboxylic acids is 2. The van der Waals surface area contributed by atoms with Crippen LogP contribution in [0.25, 0.3) is 11.3 Å². The number of hydrogen-bond donors (Lipinski definition) is 1. The summed E-state index contributed by atoms with van der Waals surface area (Å²) in [4.78, 5) is 25.7. The van der Waals surface area contributed by atoms with Crippen molar-refractivity contribution in [2.24, 2.45) is 0 Å². The number of hydrogen-bond acceptors (Lipinski definition) is 5. The molecule has 4 aromatic rings. The van der Waals surface area contributed by atoms with Crippen LogP contribution in [0.4, 0.5) is 5.69 Å². The fraction of sp³-hybridized carbons (Fsp3) is 0.233. The lowest BCUT2D eigenvalue weighted by Crippen LogP contribution is -2.14. The Morgan fingerprint density at radius 2 is 1.51 bits per heavy atom. The zero-order valence-electron chi connectivity index (χ0n) is 21.1. The molecular weight excluding hydrogens is 466 g/mol. The number of carbonyl (C=O) groups is 2. The van der Waals surface area contributed by atoms with Gasteiger partial charge in [-0.15, -0.1) is 0 Å². The molecule has 0 spiro atoms. The number of nitrogens with zero attached hydrogens (tertiary/aromatic N) is 2. The summed E-state index contributed by atoms with van der Waals surface area (Å²) in [6.45, 7) is 5.31. The first-order valence-electron chi connectivity index (χ1n) is 12.5. The van der Waals surface area contributed by atoms with Crippen LogP contribution in [-0.2, 0) is 11.3 Å². The van der Waals surface area contributed by atoms with Crippen molar-refractivity contribution >= 4 is 17.4 Å². The minimum atomic E-state index is -0.249. The Bertz CT molecular complexity index is 1330. The van der Waals surface area contributed by atoms with Gasteiger partial charge in [0.25, 0.3) is 0 Å². The van der Waals surface area contributed by atoms with Gasteiger partial charge in [-0.3, -0.25) is 14.3 Å². The highest BCUT2D eigenvalue weighted by Gasteiger charge is 2.17. The standard InChI is InChI=1S/C30H31N3O4/c1-3-36-27-17-15-24(19-28(27)37-4-2)26(34)16-18-29(35)31-25-21-33(20-22-11-7-5-8-12-22)32-30(25)23-13-9-6-10-14-23/h5-15,17,19,21H,3-4,16,18,20H2,1-2H3,(H,31,35). The van der Waals surface area contributed by atoms with E-state index in [4.69, 9.17) is 14.6 Å². The van der Waals surface area contributed by atoms with Gasteiger partial charge in [-0.2, -0.15) is 5.10 Å². The molecule has 0 bridgehead atoms. The van der Waals surface area contributed by atoms with Crippen molar-refractivity contribution in [1.82, 2.24) is 9.78 Å². The van der Waals surface area contributed by atoms with Crippen LogP contribution in [0.5, 0.6) is 11.5 Å². The van der Waals surface area contributed by atoms with Crippen LogP contribution in [0, 0.1) is 0 Å². The summed E-state index contributed by atoms with van der Waals surface area (Å²) in [5, 5.41) is 7.69. The smallest absolute Gasteiger partial charge is 0.224 e. The Hall–Kier alpha value is -4.39. The molecule has 1 aromatic heterocycles. The third-order valence-corrected chi connectivity index (χ3v) is 5.71. The van der Waals surface area contributed by atoms with Gasteiger partial charge in [0.05, 0.1) is 25.4 Å². The molecule has 0 aliphatic rings. The van der Waals surface area contributed by atoms with Crippen LogP contribution in [-0.4, -0.2) is 34.7 Å². The highest BCUT2D eigenvalue weighted by atomic mass is 16.5. The van der Waals surface area contributed by atoms with E-state index in [0.717, 1.165) is 11.1 Å². The first-order chi connectivity index (χ1) is 18.1. The van der Waals surface area contributed by atoms with Crippen LogP contribution in [0.3, 0.4) is 0 Å². The maximum absolute atomic E-state index is 12.9. The summed E-state index contributed by atoms with van der Waals surface area (Å²) in [5.74, 6) is 0.737. The Kier molecular flexibility index (Phi) is 8.70. The van der Waals surface area contributed by atoms with Gasteiger partial charge in [-0.1, -0.05) is 60.7 Å². The normalized spacial score (nSPS) is 10.6. The average molecular weight is 498 g/mol. The predicted molar refractivity (Wildman–Crippen MR) is 144 cm³/mol. The van der Waals surface area contributed by atoms with Crippen LogP contribution >= 0.6 is 0 Å². The molecule has 0 radical (unpaired) electrons. The molecule has 7 heteroatoms. The average Bonchev–Trinajstić information content (AvgIpc) is 3.31. The van der Waals surface area contributed by atoms with E-state index in [1.807, 2.05) is 85.4 Å². The summed E-state index contributed by atoms with van der Waals surface area (Å²) >= 11 is 0. The second-order valence-corrected chi connectivity index (χ2v) is 8.44. The molecule has 0 saturated carbocycles. The molecule has 0 atom stereocenters. The lowest BCUT2D eigenvalue weighted by Gasteiger charge is -2.12. The van der Waals surface area contributed by atoms with E-state index >= 15 is 0 Å². The highest BCUT2D eigenvalue weighted by Crippen LogP contribution is 2.30. The Morgan fingerprint density at radius 3 is 2.22 bits per heavy atom.